The van der Waals surface area contributed by atoms with Crippen LogP contribution in [0.15, 0.2) is 41.8 Å². The Morgan fingerprint density at radius 2 is 2.14 bits per heavy atom. The van der Waals surface area contributed by atoms with Crippen molar-refractivity contribution in [2.45, 2.75) is 6.92 Å². The minimum absolute atomic E-state index is 0.170. The molecule has 6 heteroatoms. The second-order valence-electron chi connectivity index (χ2n) is 4.14. The van der Waals surface area contributed by atoms with Crippen LogP contribution in [0.2, 0.25) is 5.02 Å². The fourth-order valence-corrected chi connectivity index (χ4v) is 2.44. The third-order valence-electron chi connectivity index (χ3n) is 2.58. The average molecular weight is 337 g/mol. The van der Waals surface area contributed by atoms with Crippen LogP contribution in [0.25, 0.3) is 6.08 Å². The zero-order valence-electron chi connectivity index (χ0n) is 11.7. The highest BCUT2D eigenvalue weighted by atomic mass is 35.5. The number of carbonyl (C=O) groups is 2. The molecule has 0 amide bonds. The normalized spacial score (nSPS) is 10.6. The van der Waals surface area contributed by atoms with Gasteiger partial charge in [-0.25, -0.2) is 9.59 Å². The molecule has 0 radical (unpaired) electrons. The maximum absolute atomic E-state index is 11.7. The summed E-state index contributed by atoms with van der Waals surface area (Å²) in [5.41, 5.74) is 0.306. The predicted octanol–water partition coefficient (Wildman–Crippen LogP) is 4.20. The van der Waals surface area contributed by atoms with Gasteiger partial charge < -0.3 is 9.47 Å². The largest absolute Gasteiger partial charge is 0.462 e. The molecule has 0 aliphatic heterocycles. The Kier molecular flexibility index (Phi) is 5.75. The summed E-state index contributed by atoms with van der Waals surface area (Å²) in [7, 11) is 0. The number of thiophene rings is 1. The van der Waals surface area contributed by atoms with Crippen molar-refractivity contribution in [2.75, 3.05) is 6.61 Å². The second kappa shape index (κ2) is 7.77. The molecule has 1 aromatic heterocycles. The zero-order valence-corrected chi connectivity index (χ0v) is 13.3. The van der Waals surface area contributed by atoms with Gasteiger partial charge in [0, 0.05) is 11.0 Å². The minimum atomic E-state index is -0.542. The molecule has 0 bridgehead atoms. The van der Waals surface area contributed by atoms with Gasteiger partial charge in [0.2, 0.25) is 0 Å². The zero-order chi connectivity index (χ0) is 15.9. The Morgan fingerprint density at radius 1 is 1.32 bits per heavy atom. The van der Waals surface area contributed by atoms with Gasteiger partial charge in [-0.15, -0.1) is 11.3 Å². The van der Waals surface area contributed by atoms with E-state index in [1.807, 2.05) is 17.5 Å². The molecule has 1 aromatic carbocycles. The standard InChI is InChI=1S/C16H13ClO4S/c1-2-20-16(19)11-5-7-14(13(17)10-11)21-15(18)8-6-12-4-3-9-22-12/h3-10H,2H2,1H3. The molecule has 114 valence electrons. The summed E-state index contributed by atoms with van der Waals surface area (Å²) in [6.07, 6.45) is 2.98. The van der Waals surface area contributed by atoms with Crippen LogP contribution in [0.5, 0.6) is 5.75 Å². The Labute approximate surface area is 136 Å². The fourth-order valence-electron chi connectivity index (χ4n) is 1.60. The molecule has 0 saturated carbocycles. The van der Waals surface area contributed by atoms with Crippen molar-refractivity contribution >= 4 is 41.0 Å². The van der Waals surface area contributed by atoms with E-state index >= 15 is 0 Å². The summed E-state index contributed by atoms with van der Waals surface area (Å²) in [5.74, 6) is -0.824. The summed E-state index contributed by atoms with van der Waals surface area (Å²) in [6.45, 7) is 2.00. The lowest BCUT2D eigenvalue weighted by Crippen LogP contribution is -2.07. The first-order valence-corrected chi connectivity index (χ1v) is 7.76. The number of hydrogen-bond acceptors (Lipinski definition) is 5. The van der Waals surface area contributed by atoms with Crippen LogP contribution in [-0.2, 0) is 9.53 Å². The highest BCUT2D eigenvalue weighted by Crippen LogP contribution is 2.26. The van der Waals surface area contributed by atoms with E-state index in [2.05, 4.69) is 0 Å². The van der Waals surface area contributed by atoms with Crippen molar-refractivity contribution in [2.24, 2.45) is 0 Å². The van der Waals surface area contributed by atoms with Crippen LogP contribution < -0.4 is 4.74 Å². The highest BCUT2D eigenvalue weighted by Gasteiger charge is 2.11. The topological polar surface area (TPSA) is 52.6 Å². The van der Waals surface area contributed by atoms with Gasteiger partial charge in [-0.1, -0.05) is 17.7 Å². The summed E-state index contributed by atoms with van der Waals surface area (Å²) in [6, 6.07) is 8.14. The molecule has 0 aliphatic rings. The Hall–Kier alpha value is -2.11. The molecule has 2 aromatic rings. The van der Waals surface area contributed by atoms with E-state index in [1.54, 1.807) is 13.0 Å². The van der Waals surface area contributed by atoms with Gasteiger partial charge in [0.05, 0.1) is 17.2 Å². The molecule has 0 unspecified atom stereocenters. The summed E-state index contributed by atoms with van der Waals surface area (Å²) in [5, 5.41) is 2.08. The van der Waals surface area contributed by atoms with Crippen molar-refractivity contribution < 1.29 is 19.1 Å². The summed E-state index contributed by atoms with van der Waals surface area (Å²) in [4.78, 5) is 24.2. The van der Waals surface area contributed by atoms with Crippen LogP contribution in [0.1, 0.15) is 22.2 Å². The van der Waals surface area contributed by atoms with Gasteiger partial charge in [0.15, 0.2) is 0 Å². The molecular formula is C16H13ClO4S. The molecule has 2 rings (SSSR count). The Bertz CT molecular complexity index is 692. The van der Waals surface area contributed by atoms with E-state index < -0.39 is 11.9 Å². The Morgan fingerprint density at radius 3 is 2.77 bits per heavy atom. The average Bonchev–Trinajstić information content (AvgIpc) is 3.01. The van der Waals surface area contributed by atoms with E-state index in [1.165, 1.54) is 35.6 Å². The van der Waals surface area contributed by atoms with E-state index in [-0.39, 0.29) is 17.4 Å². The number of ether oxygens (including phenoxy) is 2. The van der Waals surface area contributed by atoms with E-state index in [0.717, 1.165) is 4.88 Å². The molecule has 0 saturated heterocycles. The summed E-state index contributed by atoms with van der Waals surface area (Å²) < 4.78 is 10.0. The van der Waals surface area contributed by atoms with Crippen molar-refractivity contribution in [3.63, 3.8) is 0 Å². The molecule has 22 heavy (non-hydrogen) atoms. The number of rotatable bonds is 5. The first-order valence-electron chi connectivity index (χ1n) is 6.50. The third kappa shape index (κ3) is 4.44. The van der Waals surface area contributed by atoms with Gasteiger partial charge in [-0.3, -0.25) is 0 Å². The van der Waals surface area contributed by atoms with E-state index in [4.69, 9.17) is 21.1 Å². The smallest absolute Gasteiger partial charge is 0.338 e. The van der Waals surface area contributed by atoms with Gasteiger partial charge in [0.25, 0.3) is 0 Å². The van der Waals surface area contributed by atoms with Crippen LogP contribution in [-0.4, -0.2) is 18.5 Å². The van der Waals surface area contributed by atoms with Crippen LogP contribution in [0.4, 0.5) is 0 Å². The SMILES string of the molecule is CCOC(=O)c1ccc(OC(=O)C=Cc2cccs2)c(Cl)c1. The van der Waals surface area contributed by atoms with Crippen LogP contribution in [0, 0.1) is 0 Å². The van der Waals surface area contributed by atoms with E-state index in [0.29, 0.717) is 5.56 Å². The molecular weight excluding hydrogens is 324 g/mol. The lowest BCUT2D eigenvalue weighted by molar-refractivity contribution is -0.128. The first-order chi connectivity index (χ1) is 10.6. The van der Waals surface area contributed by atoms with Gasteiger partial charge in [-0.2, -0.15) is 0 Å². The van der Waals surface area contributed by atoms with Crippen molar-refractivity contribution in [1.82, 2.24) is 0 Å². The highest BCUT2D eigenvalue weighted by molar-refractivity contribution is 7.10. The molecule has 0 N–H and O–H groups in total. The predicted molar refractivity (Wildman–Crippen MR) is 86.4 cm³/mol. The van der Waals surface area contributed by atoms with Gasteiger partial charge in [-0.05, 0) is 42.6 Å². The molecule has 1 heterocycles. The Balaban J connectivity index is 2.03. The monoisotopic (exact) mass is 336 g/mol. The third-order valence-corrected chi connectivity index (χ3v) is 3.71. The molecule has 0 atom stereocenters. The minimum Gasteiger partial charge on any atom is -0.462 e. The fraction of sp³-hybridized carbons (Fsp3) is 0.125. The molecule has 4 nitrogen and oxygen atoms in total. The lowest BCUT2D eigenvalue weighted by atomic mass is 10.2. The number of halogens is 1. The van der Waals surface area contributed by atoms with Crippen molar-refractivity contribution in [3.05, 3.63) is 57.3 Å². The number of benzene rings is 1. The first kappa shape index (κ1) is 16.3. The maximum atomic E-state index is 11.7. The van der Waals surface area contributed by atoms with Crippen LogP contribution >= 0.6 is 22.9 Å². The molecule has 0 fully saturated rings. The number of carbonyl (C=O) groups excluding carboxylic acids is 2. The number of hydrogen-bond donors (Lipinski definition) is 0. The van der Waals surface area contributed by atoms with Gasteiger partial charge in [0.1, 0.15) is 5.75 Å². The van der Waals surface area contributed by atoms with Crippen molar-refractivity contribution in [3.8, 4) is 5.75 Å². The summed E-state index contributed by atoms with van der Waals surface area (Å²) >= 11 is 7.52. The second-order valence-corrected chi connectivity index (χ2v) is 5.52. The number of esters is 2. The molecule has 0 spiro atoms. The van der Waals surface area contributed by atoms with Gasteiger partial charge >= 0.3 is 11.9 Å². The molecule has 0 aliphatic carbocycles. The van der Waals surface area contributed by atoms with Crippen molar-refractivity contribution in [1.29, 1.82) is 0 Å². The van der Waals surface area contributed by atoms with Crippen LogP contribution in [0.3, 0.4) is 0 Å². The lowest BCUT2D eigenvalue weighted by Gasteiger charge is -2.06. The van der Waals surface area contributed by atoms with E-state index in [9.17, 15) is 9.59 Å². The maximum Gasteiger partial charge on any atom is 0.338 e. The quantitative estimate of drug-likeness (QED) is 0.466.